The van der Waals surface area contributed by atoms with E-state index >= 15 is 0 Å². The van der Waals surface area contributed by atoms with E-state index in [-0.39, 0.29) is 6.54 Å². The third-order valence-electron chi connectivity index (χ3n) is 2.50. The lowest BCUT2D eigenvalue weighted by molar-refractivity contribution is -0.138. The summed E-state index contributed by atoms with van der Waals surface area (Å²) in [6, 6.07) is 6.52. The van der Waals surface area contributed by atoms with Gasteiger partial charge in [0.2, 0.25) is 10.0 Å². The van der Waals surface area contributed by atoms with Gasteiger partial charge < -0.3 is 9.47 Å². The van der Waals surface area contributed by atoms with Gasteiger partial charge >= 0.3 is 5.97 Å². The molecule has 0 N–H and O–H groups in total. The fourth-order valence-electron chi connectivity index (χ4n) is 1.51. The second-order valence-corrected chi connectivity index (χ2v) is 6.09. The minimum Gasteiger partial charge on any atom is -0.494 e. The molecule has 1 aromatic rings. The maximum absolute atomic E-state index is 11.7. The van der Waals surface area contributed by atoms with Gasteiger partial charge in [0.1, 0.15) is 12.3 Å². The van der Waals surface area contributed by atoms with Gasteiger partial charge in [-0.05, 0) is 30.7 Å². The van der Waals surface area contributed by atoms with Crippen LogP contribution < -0.4 is 9.04 Å². The van der Waals surface area contributed by atoms with Gasteiger partial charge in [-0.25, -0.2) is 8.42 Å². The number of hydrogen-bond acceptors (Lipinski definition) is 5. The van der Waals surface area contributed by atoms with Gasteiger partial charge in [-0.3, -0.25) is 9.10 Å². The van der Waals surface area contributed by atoms with Gasteiger partial charge in [-0.15, -0.1) is 0 Å². The highest BCUT2D eigenvalue weighted by Crippen LogP contribution is 2.21. The Morgan fingerprint density at radius 3 is 2.30 bits per heavy atom. The molecule has 0 unspecified atom stereocenters. The van der Waals surface area contributed by atoms with Crippen LogP contribution >= 0.6 is 0 Å². The third kappa shape index (κ3) is 4.73. The molecule has 0 atom stereocenters. The maximum Gasteiger partial charge on any atom is 0.326 e. The Bertz CT molecular complexity index is 538. The normalized spacial score (nSPS) is 10.9. The van der Waals surface area contributed by atoms with E-state index in [9.17, 15) is 13.2 Å². The summed E-state index contributed by atoms with van der Waals surface area (Å²) >= 11 is 0. The number of benzene rings is 1. The van der Waals surface area contributed by atoms with Gasteiger partial charge in [0.05, 0.1) is 25.7 Å². The number of nitrogens with zero attached hydrogens (tertiary/aromatic N) is 1. The number of esters is 1. The first kappa shape index (κ1) is 16.3. The molecule has 0 spiro atoms. The molecule has 112 valence electrons. The number of sulfonamides is 1. The summed E-state index contributed by atoms with van der Waals surface area (Å²) < 4.78 is 34.4. The largest absolute Gasteiger partial charge is 0.494 e. The number of carbonyl (C=O) groups is 1. The summed E-state index contributed by atoms with van der Waals surface area (Å²) in [5.74, 6) is 0.0313. The monoisotopic (exact) mass is 301 g/mol. The standard InChI is InChI=1S/C13H19NO5S/c1-4-9-19-12-7-5-11(6-8-12)14(20(3,16)17)10-13(15)18-2/h5-8H,4,9-10H2,1-3H3. The van der Waals surface area contributed by atoms with Crippen LogP contribution in [0.3, 0.4) is 0 Å². The van der Waals surface area contributed by atoms with Crippen molar-refractivity contribution in [3.05, 3.63) is 24.3 Å². The minimum atomic E-state index is -3.56. The molecule has 1 rings (SSSR count). The van der Waals surface area contributed by atoms with Crippen LogP contribution in [0.5, 0.6) is 5.75 Å². The molecule has 0 radical (unpaired) electrons. The van der Waals surface area contributed by atoms with Crippen molar-refractivity contribution < 1.29 is 22.7 Å². The highest BCUT2D eigenvalue weighted by Gasteiger charge is 2.21. The molecule has 1 aromatic carbocycles. The molecule has 0 amide bonds. The van der Waals surface area contributed by atoms with Crippen LogP contribution in [-0.2, 0) is 19.6 Å². The second-order valence-electron chi connectivity index (χ2n) is 4.19. The molecule has 0 fully saturated rings. The molecule has 0 aliphatic rings. The minimum absolute atomic E-state index is 0.357. The smallest absolute Gasteiger partial charge is 0.326 e. The Balaban J connectivity index is 2.94. The summed E-state index contributed by atoms with van der Waals surface area (Å²) in [7, 11) is -2.35. The Labute approximate surface area is 119 Å². The fourth-order valence-corrected chi connectivity index (χ4v) is 2.35. The lowest BCUT2D eigenvalue weighted by Gasteiger charge is -2.21. The number of ether oxygens (including phenoxy) is 2. The fraction of sp³-hybridized carbons (Fsp3) is 0.462. The van der Waals surface area contributed by atoms with E-state index < -0.39 is 16.0 Å². The van der Waals surface area contributed by atoms with Crippen LogP contribution in [0.2, 0.25) is 0 Å². The van der Waals surface area contributed by atoms with E-state index in [1.54, 1.807) is 24.3 Å². The number of methoxy groups -OCH3 is 1. The van der Waals surface area contributed by atoms with Crippen molar-refractivity contribution in [3.8, 4) is 5.75 Å². The van der Waals surface area contributed by atoms with Gasteiger partial charge in [0.15, 0.2) is 0 Å². The molecule has 6 nitrogen and oxygen atoms in total. The summed E-state index contributed by atoms with van der Waals surface area (Å²) in [6.45, 7) is 2.23. The quantitative estimate of drug-likeness (QED) is 0.712. The zero-order chi connectivity index (χ0) is 15.2. The summed E-state index contributed by atoms with van der Waals surface area (Å²) in [4.78, 5) is 11.3. The van der Waals surface area contributed by atoms with Crippen molar-refractivity contribution in [2.45, 2.75) is 13.3 Å². The highest BCUT2D eigenvalue weighted by molar-refractivity contribution is 7.92. The highest BCUT2D eigenvalue weighted by atomic mass is 32.2. The van der Waals surface area contributed by atoms with E-state index in [4.69, 9.17) is 4.74 Å². The van der Waals surface area contributed by atoms with Gasteiger partial charge in [0, 0.05) is 0 Å². The molecule has 0 heterocycles. The average molecular weight is 301 g/mol. The first-order chi connectivity index (χ1) is 9.38. The van der Waals surface area contributed by atoms with Crippen molar-refractivity contribution in [3.63, 3.8) is 0 Å². The van der Waals surface area contributed by atoms with Gasteiger partial charge in [-0.2, -0.15) is 0 Å². The van der Waals surface area contributed by atoms with Crippen LogP contribution in [0.15, 0.2) is 24.3 Å². The summed E-state index contributed by atoms with van der Waals surface area (Å²) in [6.07, 6.45) is 1.93. The number of anilines is 1. The molecule has 0 bridgehead atoms. The van der Waals surface area contributed by atoms with Crippen molar-refractivity contribution in [2.24, 2.45) is 0 Å². The average Bonchev–Trinajstić information content (AvgIpc) is 2.41. The molecule has 20 heavy (non-hydrogen) atoms. The molecule has 0 aromatic heterocycles. The van der Waals surface area contributed by atoms with Crippen LogP contribution in [0.25, 0.3) is 0 Å². The number of carbonyl (C=O) groups excluding carboxylic acids is 1. The third-order valence-corrected chi connectivity index (χ3v) is 3.64. The Morgan fingerprint density at radius 1 is 1.25 bits per heavy atom. The van der Waals surface area contributed by atoms with Crippen LogP contribution in [0.1, 0.15) is 13.3 Å². The molecule has 0 aliphatic heterocycles. The van der Waals surface area contributed by atoms with Crippen molar-refractivity contribution >= 4 is 21.7 Å². The Morgan fingerprint density at radius 2 is 1.85 bits per heavy atom. The predicted octanol–water partition coefficient (Wildman–Crippen LogP) is 1.41. The van der Waals surface area contributed by atoms with Crippen molar-refractivity contribution in [2.75, 3.05) is 30.8 Å². The van der Waals surface area contributed by atoms with Crippen LogP contribution in [0, 0.1) is 0 Å². The topological polar surface area (TPSA) is 72.9 Å². The molecular weight excluding hydrogens is 282 g/mol. The van der Waals surface area contributed by atoms with Crippen molar-refractivity contribution in [1.82, 2.24) is 0 Å². The Kier molecular flexibility index (Phi) is 5.82. The first-order valence-corrected chi connectivity index (χ1v) is 8.00. The first-order valence-electron chi connectivity index (χ1n) is 6.16. The lowest BCUT2D eigenvalue weighted by Crippen LogP contribution is -2.35. The van der Waals surface area contributed by atoms with E-state index in [0.717, 1.165) is 17.0 Å². The molecular formula is C13H19NO5S. The SMILES string of the molecule is CCCOc1ccc(N(CC(=O)OC)S(C)(=O)=O)cc1. The van der Waals surface area contributed by atoms with Crippen LogP contribution in [0.4, 0.5) is 5.69 Å². The van der Waals surface area contributed by atoms with E-state index in [1.807, 2.05) is 6.92 Å². The van der Waals surface area contributed by atoms with Gasteiger partial charge in [0.25, 0.3) is 0 Å². The molecule has 0 saturated carbocycles. The van der Waals surface area contributed by atoms with Crippen LogP contribution in [-0.4, -0.2) is 40.9 Å². The summed E-state index contributed by atoms with van der Waals surface area (Å²) in [5, 5.41) is 0. The maximum atomic E-state index is 11.7. The number of hydrogen-bond donors (Lipinski definition) is 0. The molecule has 0 aliphatic carbocycles. The van der Waals surface area contributed by atoms with E-state index in [2.05, 4.69) is 4.74 Å². The predicted molar refractivity (Wildman–Crippen MR) is 76.4 cm³/mol. The van der Waals surface area contributed by atoms with Crippen molar-refractivity contribution in [1.29, 1.82) is 0 Å². The Hall–Kier alpha value is -1.76. The molecule has 0 saturated heterocycles. The summed E-state index contributed by atoms with van der Waals surface area (Å²) in [5.41, 5.74) is 0.391. The second kappa shape index (κ2) is 7.14. The molecule has 7 heteroatoms. The zero-order valence-corrected chi connectivity index (χ0v) is 12.6. The van der Waals surface area contributed by atoms with E-state index in [0.29, 0.717) is 18.0 Å². The van der Waals surface area contributed by atoms with Gasteiger partial charge in [-0.1, -0.05) is 6.92 Å². The lowest BCUT2D eigenvalue weighted by atomic mass is 10.3. The number of rotatable bonds is 7. The zero-order valence-electron chi connectivity index (χ0n) is 11.8. The van der Waals surface area contributed by atoms with E-state index in [1.165, 1.54) is 7.11 Å².